The first-order chi connectivity index (χ1) is 21.4. The molecule has 1 aliphatic heterocycles. The van der Waals surface area contributed by atoms with Gasteiger partial charge < -0.3 is 20.3 Å². The Bertz CT molecular complexity index is 1790. The normalized spacial score (nSPS) is 15.3. The molecule has 0 radical (unpaired) electrons. The van der Waals surface area contributed by atoms with Crippen molar-refractivity contribution in [2.24, 2.45) is 0 Å². The van der Waals surface area contributed by atoms with Gasteiger partial charge in [0.1, 0.15) is 5.60 Å². The number of carbonyl (C=O) groups is 2. The molecule has 0 aliphatic carbocycles. The Balaban J connectivity index is 1.23. The molecule has 2 N–H and O–H groups in total. The predicted molar refractivity (Wildman–Crippen MR) is 174 cm³/mol. The highest BCUT2D eigenvalue weighted by atomic mass is 35.5. The van der Waals surface area contributed by atoms with E-state index in [1.54, 1.807) is 48.7 Å². The van der Waals surface area contributed by atoms with Crippen molar-refractivity contribution < 1.29 is 22.7 Å². The van der Waals surface area contributed by atoms with Crippen molar-refractivity contribution in [3.05, 3.63) is 72.0 Å². The van der Waals surface area contributed by atoms with Crippen LogP contribution in [-0.4, -0.2) is 70.5 Å². The molecule has 3 heterocycles. The van der Waals surface area contributed by atoms with Crippen molar-refractivity contribution in [2.75, 3.05) is 25.0 Å². The van der Waals surface area contributed by atoms with Crippen LogP contribution in [0.3, 0.4) is 0 Å². The van der Waals surface area contributed by atoms with Gasteiger partial charge in [-0.1, -0.05) is 48.0 Å². The van der Waals surface area contributed by atoms with Crippen LogP contribution in [0.4, 0.5) is 10.7 Å². The topological polar surface area (TPSA) is 136 Å². The summed E-state index contributed by atoms with van der Waals surface area (Å²) in [4.78, 5) is 35.6. The fraction of sp³-hybridized carbons (Fsp3) is 0.375. The Morgan fingerprint density at radius 2 is 1.80 bits per heavy atom. The van der Waals surface area contributed by atoms with Crippen molar-refractivity contribution in [1.82, 2.24) is 24.2 Å². The minimum atomic E-state index is -3.88. The van der Waals surface area contributed by atoms with Gasteiger partial charge in [0.15, 0.2) is 0 Å². The Morgan fingerprint density at radius 3 is 2.56 bits per heavy atom. The zero-order valence-corrected chi connectivity index (χ0v) is 27.1. The van der Waals surface area contributed by atoms with Gasteiger partial charge in [0.05, 0.1) is 27.3 Å². The highest BCUT2D eigenvalue weighted by Gasteiger charge is 2.27. The number of amides is 2. The molecule has 1 saturated heterocycles. The predicted octanol–water partition coefficient (Wildman–Crippen LogP) is 5.70. The summed E-state index contributed by atoms with van der Waals surface area (Å²) in [5, 5.41) is 7.00. The Labute approximate surface area is 268 Å². The number of nitrogens with one attached hydrogen (secondary N) is 2. The number of halogens is 1. The van der Waals surface area contributed by atoms with Crippen LogP contribution in [0.25, 0.3) is 22.2 Å². The molecule has 1 atom stereocenters. The molecule has 1 fully saturated rings. The van der Waals surface area contributed by atoms with Crippen LogP contribution in [0.5, 0.6) is 0 Å². The molecule has 2 aromatic carbocycles. The van der Waals surface area contributed by atoms with Crippen LogP contribution < -0.4 is 10.6 Å². The van der Waals surface area contributed by atoms with Crippen LogP contribution in [0.1, 0.15) is 46.5 Å². The molecule has 2 aromatic heterocycles. The molecule has 2 amide bonds. The van der Waals surface area contributed by atoms with Gasteiger partial charge in [0, 0.05) is 49.2 Å². The monoisotopic (exact) mass is 652 g/mol. The maximum atomic E-state index is 13.6. The third kappa shape index (κ3) is 7.74. The number of alkyl carbamates (subject to hydrolysis) is 1. The fourth-order valence-electron chi connectivity index (χ4n) is 5.22. The lowest BCUT2D eigenvalue weighted by atomic mass is 10.1. The van der Waals surface area contributed by atoms with Crippen molar-refractivity contribution in [2.45, 2.75) is 63.0 Å². The highest BCUT2D eigenvalue weighted by Crippen LogP contribution is 2.36. The van der Waals surface area contributed by atoms with E-state index in [0.717, 1.165) is 6.42 Å². The second-order valence-corrected chi connectivity index (χ2v) is 14.1. The van der Waals surface area contributed by atoms with Gasteiger partial charge in [-0.05, 0) is 58.2 Å². The van der Waals surface area contributed by atoms with Gasteiger partial charge in [-0.25, -0.2) is 27.2 Å². The van der Waals surface area contributed by atoms with E-state index >= 15 is 0 Å². The van der Waals surface area contributed by atoms with Crippen LogP contribution >= 0.6 is 11.6 Å². The van der Waals surface area contributed by atoms with E-state index in [4.69, 9.17) is 21.3 Å². The lowest BCUT2D eigenvalue weighted by Gasteiger charge is -2.19. The molecule has 13 heteroatoms. The zero-order valence-electron chi connectivity index (χ0n) is 25.5. The first kappa shape index (κ1) is 32.2. The van der Waals surface area contributed by atoms with Gasteiger partial charge >= 0.3 is 6.09 Å². The van der Waals surface area contributed by atoms with Crippen LogP contribution in [-0.2, 0) is 19.6 Å². The molecule has 0 unspecified atom stereocenters. The lowest BCUT2D eigenvalue weighted by molar-refractivity contribution is -0.130. The van der Waals surface area contributed by atoms with E-state index < -0.39 is 21.7 Å². The molecule has 1 aliphatic rings. The summed E-state index contributed by atoms with van der Waals surface area (Å²) in [5.74, 6) is 0.395. The lowest BCUT2D eigenvalue weighted by Crippen LogP contribution is -2.33. The minimum absolute atomic E-state index is 0.0571. The number of nitrogens with zero attached hydrogens (tertiary/aromatic N) is 4. The number of para-hydroxylation sites is 1. The van der Waals surface area contributed by atoms with E-state index in [0.29, 0.717) is 67.0 Å². The number of benzene rings is 2. The molecule has 11 nitrogen and oxygen atoms in total. The van der Waals surface area contributed by atoms with E-state index in [2.05, 4.69) is 15.6 Å². The molecule has 0 saturated carbocycles. The largest absolute Gasteiger partial charge is 0.444 e. The third-order valence-electron chi connectivity index (χ3n) is 7.34. The number of carbonyl (C=O) groups excluding carboxylic acids is 2. The van der Waals surface area contributed by atoms with Crippen LogP contribution in [0.15, 0.2) is 71.9 Å². The minimum Gasteiger partial charge on any atom is -0.444 e. The summed E-state index contributed by atoms with van der Waals surface area (Å²) >= 11 is 6.57. The molecule has 5 rings (SSSR count). The summed E-state index contributed by atoms with van der Waals surface area (Å²) in [6.07, 6.45) is 5.02. The third-order valence-corrected chi connectivity index (χ3v) is 9.30. The summed E-state index contributed by atoms with van der Waals surface area (Å²) in [6, 6.07) is 15.4. The summed E-state index contributed by atoms with van der Waals surface area (Å²) < 4.78 is 33.6. The van der Waals surface area contributed by atoms with Gasteiger partial charge in [-0.2, -0.15) is 0 Å². The van der Waals surface area contributed by atoms with Crippen molar-refractivity contribution in [1.29, 1.82) is 0 Å². The highest BCUT2D eigenvalue weighted by molar-refractivity contribution is 7.90. The summed E-state index contributed by atoms with van der Waals surface area (Å²) in [6.45, 7) is 6.98. The number of anilines is 1. The van der Waals surface area contributed by atoms with Gasteiger partial charge in [-0.15, -0.1) is 0 Å². The Kier molecular flexibility index (Phi) is 9.64. The second kappa shape index (κ2) is 13.5. The first-order valence-electron chi connectivity index (χ1n) is 14.9. The second-order valence-electron chi connectivity index (χ2n) is 11.9. The molecule has 4 aromatic rings. The number of fused-ring (bicyclic) bond motifs is 1. The standard InChI is InChI=1S/C32H37ClN6O5S/c1-32(2,3)44-31(41)34-17-10-9-15-28(40)38-18-16-22(20-38)36-30-35-19-26(33)29(37-30)25-21-39(27-14-8-7-13-24(25)27)45(42,43)23-11-5-4-6-12-23/h4-8,11-14,19,21-22H,9-10,15-18,20H2,1-3H3,(H,34,41)(H,35,36,37)/t22-/m1/s1. The van der Waals surface area contributed by atoms with E-state index in [9.17, 15) is 18.0 Å². The van der Waals surface area contributed by atoms with Crippen molar-refractivity contribution in [3.63, 3.8) is 0 Å². The Morgan fingerprint density at radius 1 is 1.07 bits per heavy atom. The maximum Gasteiger partial charge on any atom is 0.407 e. The van der Waals surface area contributed by atoms with Crippen LogP contribution in [0, 0.1) is 0 Å². The molecular weight excluding hydrogens is 616 g/mol. The van der Waals surface area contributed by atoms with E-state index in [1.165, 1.54) is 10.2 Å². The number of hydrogen-bond donors (Lipinski definition) is 2. The maximum absolute atomic E-state index is 13.6. The zero-order chi connectivity index (χ0) is 32.2. The molecule has 45 heavy (non-hydrogen) atoms. The molecule has 0 spiro atoms. The number of unbranched alkanes of at least 4 members (excludes halogenated alkanes) is 1. The number of rotatable bonds is 10. The van der Waals surface area contributed by atoms with E-state index in [1.807, 2.05) is 37.8 Å². The fourth-order valence-corrected chi connectivity index (χ4v) is 6.80. The van der Waals surface area contributed by atoms with Crippen LogP contribution in [0.2, 0.25) is 5.02 Å². The van der Waals surface area contributed by atoms with Gasteiger partial charge in [0.2, 0.25) is 11.9 Å². The number of aromatic nitrogens is 3. The molecule has 0 bridgehead atoms. The smallest absolute Gasteiger partial charge is 0.407 e. The summed E-state index contributed by atoms with van der Waals surface area (Å²) in [5.41, 5.74) is 0.917. The molecular formula is C32H37ClN6O5S. The number of likely N-dealkylation sites (tertiary alicyclic amines) is 1. The Hall–Kier alpha value is -4.16. The molecule has 238 valence electrons. The summed E-state index contributed by atoms with van der Waals surface area (Å²) in [7, 11) is -3.88. The quantitative estimate of drug-likeness (QED) is 0.208. The van der Waals surface area contributed by atoms with Gasteiger partial charge in [0.25, 0.3) is 10.0 Å². The SMILES string of the molecule is CC(C)(C)OC(=O)NCCCCC(=O)N1CC[C@@H](Nc2ncc(Cl)c(-c3cn(S(=O)(=O)c4ccccc4)c4ccccc34)n2)C1. The average Bonchev–Trinajstić information content (AvgIpc) is 3.63. The van der Waals surface area contributed by atoms with E-state index in [-0.39, 0.29) is 21.9 Å². The first-order valence-corrected chi connectivity index (χ1v) is 16.7. The van der Waals surface area contributed by atoms with Crippen molar-refractivity contribution >= 4 is 50.5 Å². The number of ether oxygens (including phenoxy) is 1. The average molecular weight is 653 g/mol. The number of hydrogen-bond acceptors (Lipinski definition) is 8. The van der Waals surface area contributed by atoms with Crippen molar-refractivity contribution in [3.8, 4) is 11.3 Å². The van der Waals surface area contributed by atoms with Gasteiger partial charge in [-0.3, -0.25) is 4.79 Å².